The molecule has 1 fully saturated rings. The van der Waals surface area contributed by atoms with E-state index in [0.29, 0.717) is 18.1 Å². The minimum Gasteiger partial charge on any atom is -0.465 e. The SMILES string of the molecule is O=C1CC(c2ccccc2Cl)CO1. The molecule has 1 aliphatic heterocycles. The highest BCUT2D eigenvalue weighted by Crippen LogP contribution is 2.30. The molecule has 1 saturated heterocycles. The second-order valence-corrected chi connectivity index (χ2v) is 3.51. The molecule has 0 aliphatic carbocycles. The van der Waals surface area contributed by atoms with E-state index in [4.69, 9.17) is 16.3 Å². The zero-order valence-electron chi connectivity index (χ0n) is 7.00. The van der Waals surface area contributed by atoms with E-state index in [1.54, 1.807) is 0 Å². The van der Waals surface area contributed by atoms with Crippen molar-refractivity contribution in [3.8, 4) is 0 Å². The van der Waals surface area contributed by atoms with Crippen molar-refractivity contribution < 1.29 is 9.53 Å². The van der Waals surface area contributed by atoms with E-state index in [-0.39, 0.29) is 11.9 Å². The standard InChI is InChI=1S/C10H9ClO2/c11-9-4-2-1-3-8(9)7-5-10(12)13-6-7/h1-4,7H,5-6H2. The lowest BCUT2D eigenvalue weighted by Gasteiger charge is -2.07. The van der Waals surface area contributed by atoms with Crippen molar-refractivity contribution in [3.63, 3.8) is 0 Å². The quantitative estimate of drug-likeness (QED) is 0.645. The van der Waals surface area contributed by atoms with E-state index in [1.165, 1.54) is 0 Å². The number of cyclic esters (lactones) is 1. The van der Waals surface area contributed by atoms with Gasteiger partial charge in [0.2, 0.25) is 0 Å². The summed E-state index contributed by atoms with van der Waals surface area (Å²) in [5.74, 6) is 0.00567. The normalized spacial score (nSPS) is 21.6. The van der Waals surface area contributed by atoms with E-state index in [0.717, 1.165) is 5.56 Å². The Labute approximate surface area is 81.5 Å². The molecule has 0 radical (unpaired) electrons. The number of hydrogen-bond donors (Lipinski definition) is 0. The summed E-state index contributed by atoms with van der Waals surface area (Å²) >= 11 is 5.99. The minimum absolute atomic E-state index is 0.134. The van der Waals surface area contributed by atoms with Crippen molar-refractivity contribution in [2.75, 3.05) is 6.61 Å². The van der Waals surface area contributed by atoms with Gasteiger partial charge >= 0.3 is 5.97 Å². The predicted molar refractivity (Wildman–Crippen MR) is 49.8 cm³/mol. The van der Waals surface area contributed by atoms with Crippen LogP contribution in [0.25, 0.3) is 0 Å². The Bertz CT molecular complexity index is 335. The third kappa shape index (κ3) is 1.68. The van der Waals surface area contributed by atoms with Crippen molar-refractivity contribution in [2.24, 2.45) is 0 Å². The maximum absolute atomic E-state index is 10.9. The summed E-state index contributed by atoms with van der Waals surface area (Å²) in [6, 6.07) is 7.57. The van der Waals surface area contributed by atoms with E-state index in [2.05, 4.69) is 0 Å². The van der Waals surface area contributed by atoms with Crippen LogP contribution in [-0.4, -0.2) is 12.6 Å². The Morgan fingerprint density at radius 2 is 2.15 bits per heavy atom. The first kappa shape index (κ1) is 8.57. The van der Waals surface area contributed by atoms with Gasteiger partial charge in [-0.25, -0.2) is 0 Å². The smallest absolute Gasteiger partial charge is 0.306 e. The molecule has 0 saturated carbocycles. The van der Waals surface area contributed by atoms with Gasteiger partial charge in [0.05, 0.1) is 13.0 Å². The second kappa shape index (κ2) is 3.38. The molecule has 0 spiro atoms. The van der Waals surface area contributed by atoms with Crippen LogP contribution >= 0.6 is 11.6 Å². The van der Waals surface area contributed by atoms with E-state index >= 15 is 0 Å². The number of hydrogen-bond acceptors (Lipinski definition) is 2. The van der Waals surface area contributed by atoms with Crippen LogP contribution in [0.2, 0.25) is 5.02 Å². The first-order valence-electron chi connectivity index (χ1n) is 4.17. The molecular weight excluding hydrogens is 188 g/mol. The molecule has 3 heteroatoms. The summed E-state index contributed by atoms with van der Waals surface area (Å²) in [4.78, 5) is 10.9. The van der Waals surface area contributed by atoms with Gasteiger partial charge < -0.3 is 4.74 Å². The van der Waals surface area contributed by atoms with Gasteiger partial charge in [-0.05, 0) is 11.6 Å². The zero-order valence-corrected chi connectivity index (χ0v) is 7.75. The summed E-state index contributed by atoms with van der Waals surface area (Å²) in [5.41, 5.74) is 1.01. The highest BCUT2D eigenvalue weighted by atomic mass is 35.5. The van der Waals surface area contributed by atoms with Gasteiger partial charge in [0, 0.05) is 10.9 Å². The number of esters is 1. The second-order valence-electron chi connectivity index (χ2n) is 3.11. The molecule has 0 amide bonds. The predicted octanol–water partition coefficient (Wildman–Crippen LogP) is 2.37. The lowest BCUT2D eigenvalue weighted by Crippen LogP contribution is -1.97. The van der Waals surface area contributed by atoms with Crippen molar-refractivity contribution in [3.05, 3.63) is 34.9 Å². The molecule has 1 atom stereocenters. The zero-order chi connectivity index (χ0) is 9.26. The fourth-order valence-electron chi connectivity index (χ4n) is 1.52. The van der Waals surface area contributed by atoms with Gasteiger partial charge in [0.15, 0.2) is 0 Å². The Morgan fingerprint density at radius 3 is 2.77 bits per heavy atom. The Morgan fingerprint density at radius 1 is 1.38 bits per heavy atom. The average Bonchev–Trinajstić information content (AvgIpc) is 2.53. The van der Waals surface area contributed by atoms with E-state index < -0.39 is 0 Å². The number of halogens is 1. The Hall–Kier alpha value is -1.02. The molecule has 2 nitrogen and oxygen atoms in total. The van der Waals surface area contributed by atoms with Crippen molar-refractivity contribution in [1.29, 1.82) is 0 Å². The summed E-state index contributed by atoms with van der Waals surface area (Å²) in [7, 11) is 0. The Kier molecular flexibility index (Phi) is 2.23. The molecule has 2 rings (SSSR count). The van der Waals surface area contributed by atoms with Crippen LogP contribution in [0.4, 0.5) is 0 Å². The van der Waals surface area contributed by atoms with Gasteiger partial charge in [-0.3, -0.25) is 4.79 Å². The van der Waals surface area contributed by atoms with Crippen LogP contribution in [0.1, 0.15) is 17.9 Å². The topological polar surface area (TPSA) is 26.3 Å². The molecule has 1 aromatic carbocycles. The van der Waals surface area contributed by atoms with Crippen molar-refractivity contribution >= 4 is 17.6 Å². The van der Waals surface area contributed by atoms with Crippen molar-refractivity contribution in [1.82, 2.24) is 0 Å². The first-order valence-corrected chi connectivity index (χ1v) is 4.55. The summed E-state index contributed by atoms with van der Waals surface area (Å²) in [6.45, 7) is 0.461. The maximum Gasteiger partial charge on any atom is 0.306 e. The summed E-state index contributed by atoms with van der Waals surface area (Å²) < 4.78 is 4.88. The Balaban J connectivity index is 2.26. The molecule has 68 valence electrons. The molecule has 13 heavy (non-hydrogen) atoms. The molecule has 1 aromatic rings. The lowest BCUT2D eigenvalue weighted by atomic mass is 9.98. The first-order chi connectivity index (χ1) is 6.27. The average molecular weight is 197 g/mol. The molecule has 1 unspecified atom stereocenters. The van der Waals surface area contributed by atoms with Gasteiger partial charge in [0.25, 0.3) is 0 Å². The summed E-state index contributed by atoms with van der Waals surface area (Å²) in [5, 5.41) is 0.714. The molecule has 0 aromatic heterocycles. The number of carbonyl (C=O) groups excluding carboxylic acids is 1. The monoisotopic (exact) mass is 196 g/mol. The van der Waals surface area contributed by atoms with Crippen LogP contribution in [0.3, 0.4) is 0 Å². The van der Waals surface area contributed by atoms with Crippen molar-refractivity contribution in [2.45, 2.75) is 12.3 Å². The third-order valence-electron chi connectivity index (χ3n) is 2.20. The number of benzene rings is 1. The van der Waals surface area contributed by atoms with Gasteiger partial charge in [-0.15, -0.1) is 0 Å². The number of ether oxygens (including phenoxy) is 1. The van der Waals surface area contributed by atoms with E-state index in [1.807, 2.05) is 24.3 Å². The number of rotatable bonds is 1. The van der Waals surface area contributed by atoms with Gasteiger partial charge in [-0.2, -0.15) is 0 Å². The van der Waals surface area contributed by atoms with Crippen LogP contribution < -0.4 is 0 Å². The van der Waals surface area contributed by atoms with Crippen LogP contribution in [0.5, 0.6) is 0 Å². The third-order valence-corrected chi connectivity index (χ3v) is 2.55. The summed E-state index contributed by atoms with van der Waals surface area (Å²) in [6.07, 6.45) is 0.448. The van der Waals surface area contributed by atoms with Crippen LogP contribution in [0, 0.1) is 0 Å². The largest absolute Gasteiger partial charge is 0.465 e. The minimum atomic E-state index is -0.134. The van der Waals surface area contributed by atoms with Gasteiger partial charge in [-0.1, -0.05) is 29.8 Å². The van der Waals surface area contributed by atoms with Crippen LogP contribution in [-0.2, 0) is 9.53 Å². The molecular formula is C10H9ClO2. The fraction of sp³-hybridized carbons (Fsp3) is 0.300. The molecule has 0 N–H and O–H groups in total. The molecule has 1 heterocycles. The highest BCUT2D eigenvalue weighted by molar-refractivity contribution is 6.31. The van der Waals surface area contributed by atoms with Gasteiger partial charge in [0.1, 0.15) is 0 Å². The molecule has 0 bridgehead atoms. The fourth-order valence-corrected chi connectivity index (χ4v) is 1.81. The number of carbonyl (C=O) groups is 1. The lowest BCUT2D eigenvalue weighted by molar-refractivity contribution is -0.137. The highest BCUT2D eigenvalue weighted by Gasteiger charge is 2.26. The van der Waals surface area contributed by atoms with E-state index in [9.17, 15) is 4.79 Å². The van der Waals surface area contributed by atoms with Crippen LogP contribution in [0.15, 0.2) is 24.3 Å². The maximum atomic E-state index is 10.9. The molecule has 1 aliphatic rings.